The van der Waals surface area contributed by atoms with Gasteiger partial charge in [-0.2, -0.15) is 0 Å². The Bertz CT molecular complexity index is 744. The summed E-state index contributed by atoms with van der Waals surface area (Å²) in [6, 6.07) is 11.7. The smallest absolute Gasteiger partial charge is 0.175 e. The number of ether oxygens (including phenoxy) is 1. The van der Waals surface area contributed by atoms with Crippen LogP contribution >= 0.6 is 11.6 Å². The molecule has 2 aromatic carbocycles. The Hall–Kier alpha value is -1.56. The number of nitrogens with one attached hydrogen (secondary N) is 1. The third-order valence-corrected chi connectivity index (χ3v) is 4.20. The molecule has 0 aliphatic carbocycles. The summed E-state index contributed by atoms with van der Waals surface area (Å²) in [7, 11) is -1.43. The Labute approximate surface area is 129 Å². The van der Waals surface area contributed by atoms with Crippen molar-refractivity contribution in [2.24, 2.45) is 0 Å². The first kappa shape index (κ1) is 15.8. The van der Waals surface area contributed by atoms with Crippen LogP contribution in [0.5, 0.6) is 11.5 Å². The van der Waals surface area contributed by atoms with Crippen LogP contribution in [0.25, 0.3) is 0 Å². The number of benzene rings is 2. The quantitative estimate of drug-likeness (QED) is 0.916. The monoisotopic (exact) mass is 325 g/mol. The SMILES string of the molecule is CNCc1cc(Cl)ccc1Oc1cccc(S(C)(=O)=O)c1. The molecular weight excluding hydrogens is 310 g/mol. The van der Waals surface area contributed by atoms with E-state index < -0.39 is 9.84 Å². The van der Waals surface area contributed by atoms with Gasteiger partial charge in [-0.1, -0.05) is 17.7 Å². The maximum absolute atomic E-state index is 11.6. The van der Waals surface area contributed by atoms with Crippen molar-refractivity contribution in [2.75, 3.05) is 13.3 Å². The lowest BCUT2D eigenvalue weighted by Gasteiger charge is -2.12. The van der Waals surface area contributed by atoms with Crippen molar-refractivity contribution in [1.82, 2.24) is 5.32 Å². The second-order valence-corrected chi connectivity index (χ2v) is 7.08. The number of sulfone groups is 1. The highest BCUT2D eigenvalue weighted by atomic mass is 35.5. The van der Waals surface area contributed by atoms with Crippen LogP contribution in [0.3, 0.4) is 0 Å². The van der Waals surface area contributed by atoms with Gasteiger partial charge in [-0.05, 0) is 43.4 Å². The number of hydrogen-bond donors (Lipinski definition) is 1. The third-order valence-electron chi connectivity index (χ3n) is 2.85. The van der Waals surface area contributed by atoms with Gasteiger partial charge >= 0.3 is 0 Å². The van der Waals surface area contributed by atoms with Crippen molar-refractivity contribution in [1.29, 1.82) is 0 Å². The Morgan fingerprint density at radius 3 is 2.62 bits per heavy atom. The highest BCUT2D eigenvalue weighted by molar-refractivity contribution is 7.90. The van der Waals surface area contributed by atoms with E-state index in [4.69, 9.17) is 16.3 Å². The van der Waals surface area contributed by atoms with Gasteiger partial charge in [-0.15, -0.1) is 0 Å². The Morgan fingerprint density at radius 2 is 1.95 bits per heavy atom. The van der Waals surface area contributed by atoms with Gasteiger partial charge in [0.25, 0.3) is 0 Å². The molecule has 6 heteroatoms. The summed E-state index contributed by atoms with van der Waals surface area (Å²) >= 11 is 5.98. The molecule has 4 nitrogen and oxygen atoms in total. The summed E-state index contributed by atoms with van der Waals surface area (Å²) in [6.45, 7) is 0.599. The van der Waals surface area contributed by atoms with Crippen LogP contribution in [0, 0.1) is 0 Å². The van der Waals surface area contributed by atoms with Gasteiger partial charge in [0.1, 0.15) is 11.5 Å². The van der Waals surface area contributed by atoms with Crippen LogP contribution in [-0.2, 0) is 16.4 Å². The molecule has 0 aromatic heterocycles. The number of halogens is 1. The van der Waals surface area contributed by atoms with Gasteiger partial charge in [0.2, 0.25) is 0 Å². The van der Waals surface area contributed by atoms with E-state index in [1.807, 2.05) is 13.1 Å². The maximum Gasteiger partial charge on any atom is 0.175 e. The highest BCUT2D eigenvalue weighted by Crippen LogP contribution is 2.29. The summed E-state index contributed by atoms with van der Waals surface area (Å²) in [5.74, 6) is 1.11. The van der Waals surface area contributed by atoms with Gasteiger partial charge < -0.3 is 10.1 Å². The molecule has 0 atom stereocenters. The van der Waals surface area contributed by atoms with E-state index in [0.717, 1.165) is 5.56 Å². The van der Waals surface area contributed by atoms with Crippen molar-refractivity contribution < 1.29 is 13.2 Å². The third kappa shape index (κ3) is 4.20. The Balaban J connectivity index is 2.34. The average Bonchev–Trinajstić information content (AvgIpc) is 2.42. The average molecular weight is 326 g/mol. The van der Waals surface area contributed by atoms with Crippen LogP contribution in [0.15, 0.2) is 47.4 Å². The van der Waals surface area contributed by atoms with Crippen molar-refractivity contribution >= 4 is 21.4 Å². The second-order valence-electron chi connectivity index (χ2n) is 4.63. The fraction of sp³-hybridized carbons (Fsp3) is 0.200. The second kappa shape index (κ2) is 6.47. The minimum atomic E-state index is -3.26. The van der Waals surface area contributed by atoms with Crippen LogP contribution < -0.4 is 10.1 Å². The minimum absolute atomic E-state index is 0.226. The standard InChI is InChI=1S/C15H16ClNO3S/c1-17-10-11-8-12(16)6-7-15(11)20-13-4-3-5-14(9-13)21(2,18)19/h3-9,17H,10H2,1-2H3. The fourth-order valence-corrected chi connectivity index (χ4v) is 2.72. The van der Waals surface area contributed by atoms with Crippen LogP contribution in [0.4, 0.5) is 0 Å². The van der Waals surface area contributed by atoms with Crippen LogP contribution in [-0.4, -0.2) is 21.7 Å². The molecule has 2 aromatic rings. The predicted octanol–water partition coefficient (Wildman–Crippen LogP) is 3.26. The topological polar surface area (TPSA) is 55.4 Å². The first-order chi connectivity index (χ1) is 9.90. The molecule has 0 fully saturated rings. The van der Waals surface area contributed by atoms with E-state index >= 15 is 0 Å². The van der Waals surface area contributed by atoms with Gasteiger partial charge in [-0.3, -0.25) is 0 Å². The summed E-state index contributed by atoms with van der Waals surface area (Å²) in [5.41, 5.74) is 0.898. The van der Waals surface area contributed by atoms with Crippen LogP contribution in [0.2, 0.25) is 5.02 Å². The number of rotatable bonds is 5. The molecule has 0 aliphatic heterocycles. The van der Waals surface area contributed by atoms with E-state index in [2.05, 4.69) is 5.32 Å². The van der Waals surface area contributed by atoms with Gasteiger partial charge in [0.15, 0.2) is 9.84 Å². The zero-order chi connectivity index (χ0) is 15.5. The first-order valence-corrected chi connectivity index (χ1v) is 8.58. The molecule has 0 heterocycles. The molecule has 2 rings (SSSR count). The zero-order valence-corrected chi connectivity index (χ0v) is 13.3. The lowest BCUT2D eigenvalue weighted by Crippen LogP contribution is -2.06. The van der Waals surface area contributed by atoms with E-state index in [-0.39, 0.29) is 4.90 Å². The highest BCUT2D eigenvalue weighted by Gasteiger charge is 2.10. The van der Waals surface area contributed by atoms with E-state index in [0.29, 0.717) is 23.1 Å². The predicted molar refractivity (Wildman–Crippen MR) is 83.8 cm³/mol. The Kier molecular flexibility index (Phi) is 4.88. The molecule has 21 heavy (non-hydrogen) atoms. The lowest BCUT2D eigenvalue weighted by molar-refractivity contribution is 0.472. The van der Waals surface area contributed by atoms with Crippen molar-refractivity contribution in [3.63, 3.8) is 0 Å². The van der Waals surface area contributed by atoms with Gasteiger partial charge in [0, 0.05) is 23.4 Å². The van der Waals surface area contributed by atoms with Crippen molar-refractivity contribution in [3.05, 3.63) is 53.1 Å². The molecule has 0 radical (unpaired) electrons. The molecule has 0 unspecified atom stereocenters. The van der Waals surface area contributed by atoms with E-state index in [1.54, 1.807) is 30.3 Å². The summed E-state index contributed by atoms with van der Waals surface area (Å²) in [6.07, 6.45) is 1.17. The molecule has 0 saturated carbocycles. The summed E-state index contributed by atoms with van der Waals surface area (Å²) in [4.78, 5) is 0.226. The normalized spacial score (nSPS) is 11.4. The molecule has 0 amide bonds. The van der Waals surface area contributed by atoms with Crippen molar-refractivity contribution in [3.8, 4) is 11.5 Å². The maximum atomic E-state index is 11.6. The molecule has 0 saturated heterocycles. The minimum Gasteiger partial charge on any atom is -0.457 e. The molecule has 112 valence electrons. The van der Waals surface area contributed by atoms with E-state index in [1.165, 1.54) is 12.3 Å². The number of hydrogen-bond acceptors (Lipinski definition) is 4. The van der Waals surface area contributed by atoms with E-state index in [9.17, 15) is 8.42 Å². The molecule has 1 N–H and O–H groups in total. The molecular formula is C15H16ClNO3S. The zero-order valence-electron chi connectivity index (χ0n) is 11.8. The Morgan fingerprint density at radius 1 is 1.19 bits per heavy atom. The van der Waals surface area contributed by atoms with Gasteiger partial charge in [-0.25, -0.2) is 8.42 Å². The fourth-order valence-electron chi connectivity index (χ4n) is 1.87. The summed E-state index contributed by atoms with van der Waals surface area (Å²) < 4.78 is 28.9. The van der Waals surface area contributed by atoms with Crippen molar-refractivity contribution in [2.45, 2.75) is 11.4 Å². The summed E-state index contributed by atoms with van der Waals surface area (Å²) in [5, 5.41) is 3.66. The first-order valence-electron chi connectivity index (χ1n) is 6.31. The molecule has 0 aliphatic rings. The molecule has 0 spiro atoms. The molecule has 0 bridgehead atoms. The largest absolute Gasteiger partial charge is 0.457 e. The van der Waals surface area contributed by atoms with Gasteiger partial charge in [0.05, 0.1) is 4.90 Å². The lowest BCUT2D eigenvalue weighted by atomic mass is 10.2. The van der Waals surface area contributed by atoms with Crippen LogP contribution in [0.1, 0.15) is 5.56 Å².